The number of piperidine rings is 1. The van der Waals surface area contributed by atoms with Crippen molar-refractivity contribution >= 4 is 5.91 Å². The number of hydrogen-bond acceptors (Lipinski definition) is 5. The van der Waals surface area contributed by atoms with Gasteiger partial charge in [-0.25, -0.2) is 0 Å². The Labute approximate surface area is 185 Å². The Balaban J connectivity index is 1.26. The average Bonchev–Trinajstić information content (AvgIpc) is 3.22. The van der Waals surface area contributed by atoms with E-state index in [4.69, 9.17) is 4.74 Å². The van der Waals surface area contributed by atoms with Crippen LogP contribution < -0.4 is 5.32 Å². The summed E-state index contributed by atoms with van der Waals surface area (Å²) < 4.78 is 7.69. The minimum atomic E-state index is -0.796. The summed E-state index contributed by atoms with van der Waals surface area (Å²) in [6, 6.07) is 10.7. The molecule has 31 heavy (non-hydrogen) atoms. The van der Waals surface area contributed by atoms with E-state index in [1.54, 1.807) is 0 Å². The first kappa shape index (κ1) is 22.0. The van der Waals surface area contributed by atoms with Gasteiger partial charge >= 0.3 is 0 Å². The number of likely N-dealkylation sites (tertiary alicyclic amines) is 1. The van der Waals surface area contributed by atoms with Crippen LogP contribution in [0.1, 0.15) is 63.2 Å². The van der Waals surface area contributed by atoms with Crippen molar-refractivity contribution < 1.29 is 9.53 Å². The third kappa shape index (κ3) is 4.83. The predicted octanol–water partition coefficient (Wildman–Crippen LogP) is 3.07. The smallest absolute Gasteiger partial charge is 0.248 e. The lowest BCUT2D eigenvalue weighted by Gasteiger charge is -2.36. The molecule has 2 aromatic rings. The second-order valence-electron chi connectivity index (χ2n) is 9.48. The molecule has 2 aliphatic heterocycles. The number of nitrogens with one attached hydrogen (secondary N) is 1. The molecule has 2 aliphatic rings. The summed E-state index contributed by atoms with van der Waals surface area (Å²) in [5.74, 6) is 2.45. The quantitative estimate of drug-likeness (QED) is 0.738. The molecule has 1 atom stereocenters. The number of rotatable bonds is 7. The van der Waals surface area contributed by atoms with Gasteiger partial charge in [-0.2, -0.15) is 0 Å². The third-order valence-corrected chi connectivity index (χ3v) is 6.66. The Bertz CT molecular complexity index is 873. The molecule has 168 valence electrons. The van der Waals surface area contributed by atoms with Crippen LogP contribution in [-0.2, 0) is 28.2 Å². The van der Waals surface area contributed by atoms with Crippen molar-refractivity contribution in [2.24, 2.45) is 5.92 Å². The number of aromatic nitrogens is 3. The van der Waals surface area contributed by atoms with E-state index >= 15 is 0 Å². The van der Waals surface area contributed by atoms with Crippen molar-refractivity contribution in [1.29, 1.82) is 0 Å². The molecular weight excluding hydrogens is 390 g/mol. The molecule has 1 amide bonds. The van der Waals surface area contributed by atoms with E-state index in [0.717, 1.165) is 37.7 Å². The maximum absolute atomic E-state index is 13.2. The highest BCUT2D eigenvalue weighted by molar-refractivity contribution is 5.84. The van der Waals surface area contributed by atoms with Crippen molar-refractivity contribution in [2.45, 2.75) is 64.6 Å². The molecule has 1 unspecified atom stereocenters. The highest BCUT2D eigenvalue weighted by Crippen LogP contribution is 2.29. The summed E-state index contributed by atoms with van der Waals surface area (Å²) in [4.78, 5) is 15.7. The Morgan fingerprint density at radius 3 is 2.68 bits per heavy atom. The Morgan fingerprint density at radius 1 is 1.23 bits per heavy atom. The SMILES string of the molecule is CC(C)c1nnc2n1C(C)(C(=O)NCCC1CCN(Cc3ccccc3)CC1)COC2. The zero-order valence-electron chi connectivity index (χ0n) is 19.0. The van der Waals surface area contributed by atoms with E-state index in [2.05, 4.69) is 64.6 Å². The van der Waals surface area contributed by atoms with Crippen LogP contribution in [0.25, 0.3) is 0 Å². The number of fused-ring (bicyclic) bond motifs is 1. The standard InChI is InChI=1S/C24H35N5O2/c1-18(2)22-27-26-21-16-31-17-24(3,29(21)22)23(30)25-12-9-19-10-13-28(14-11-19)15-20-7-5-4-6-8-20/h4-8,18-19H,9-17H2,1-3H3,(H,25,30). The van der Waals surface area contributed by atoms with E-state index in [0.29, 0.717) is 25.7 Å². The molecule has 0 radical (unpaired) electrons. The summed E-state index contributed by atoms with van der Waals surface area (Å²) in [6.45, 7) is 10.8. The van der Waals surface area contributed by atoms with Gasteiger partial charge in [0.1, 0.15) is 18.0 Å². The summed E-state index contributed by atoms with van der Waals surface area (Å²) in [5.41, 5.74) is 0.584. The van der Waals surface area contributed by atoms with Crippen molar-refractivity contribution in [3.8, 4) is 0 Å². The normalized spacial score (nSPS) is 22.5. The highest BCUT2D eigenvalue weighted by atomic mass is 16.5. The number of carbonyl (C=O) groups is 1. The Kier molecular flexibility index (Phi) is 6.72. The minimum Gasteiger partial charge on any atom is -0.370 e. The van der Waals surface area contributed by atoms with E-state index in [1.807, 2.05) is 11.5 Å². The van der Waals surface area contributed by atoms with Crippen LogP contribution in [0.4, 0.5) is 0 Å². The second kappa shape index (κ2) is 9.49. The fourth-order valence-corrected chi connectivity index (χ4v) is 4.76. The molecule has 0 bridgehead atoms. The molecule has 7 nitrogen and oxygen atoms in total. The van der Waals surface area contributed by atoms with Crippen LogP contribution in [-0.4, -0.2) is 51.8 Å². The van der Waals surface area contributed by atoms with Gasteiger partial charge in [-0.3, -0.25) is 14.3 Å². The number of carbonyl (C=O) groups excluding carboxylic acids is 1. The molecule has 7 heteroatoms. The molecule has 1 N–H and O–H groups in total. The van der Waals surface area contributed by atoms with Gasteiger partial charge in [0.15, 0.2) is 5.82 Å². The van der Waals surface area contributed by atoms with Crippen molar-refractivity contribution in [3.63, 3.8) is 0 Å². The largest absolute Gasteiger partial charge is 0.370 e. The Hall–Kier alpha value is -2.25. The van der Waals surface area contributed by atoms with Crippen LogP contribution >= 0.6 is 0 Å². The van der Waals surface area contributed by atoms with Gasteiger partial charge in [0.2, 0.25) is 5.91 Å². The van der Waals surface area contributed by atoms with E-state index in [1.165, 1.54) is 18.4 Å². The first-order valence-electron chi connectivity index (χ1n) is 11.5. The maximum Gasteiger partial charge on any atom is 0.248 e. The first-order chi connectivity index (χ1) is 15.0. The molecule has 1 saturated heterocycles. The average molecular weight is 426 g/mol. The third-order valence-electron chi connectivity index (χ3n) is 6.66. The van der Waals surface area contributed by atoms with Crippen LogP contribution in [0.3, 0.4) is 0 Å². The molecule has 1 fully saturated rings. The molecule has 4 rings (SSSR count). The molecular formula is C24H35N5O2. The molecule has 3 heterocycles. The van der Waals surface area contributed by atoms with Crippen LogP contribution in [0.2, 0.25) is 0 Å². The number of hydrogen-bond donors (Lipinski definition) is 1. The van der Waals surface area contributed by atoms with Gasteiger partial charge < -0.3 is 10.1 Å². The van der Waals surface area contributed by atoms with Gasteiger partial charge in [0, 0.05) is 19.0 Å². The number of ether oxygens (including phenoxy) is 1. The van der Waals surface area contributed by atoms with Gasteiger partial charge in [-0.15, -0.1) is 10.2 Å². The molecule has 1 aromatic heterocycles. The lowest BCUT2D eigenvalue weighted by atomic mass is 9.93. The van der Waals surface area contributed by atoms with E-state index < -0.39 is 5.54 Å². The zero-order chi connectivity index (χ0) is 21.8. The van der Waals surface area contributed by atoms with Gasteiger partial charge in [-0.1, -0.05) is 44.2 Å². The van der Waals surface area contributed by atoms with Crippen LogP contribution in [0.5, 0.6) is 0 Å². The Morgan fingerprint density at radius 2 is 1.97 bits per heavy atom. The van der Waals surface area contributed by atoms with Gasteiger partial charge in [-0.05, 0) is 50.8 Å². The summed E-state index contributed by atoms with van der Waals surface area (Å²) in [6.07, 6.45) is 3.40. The zero-order valence-corrected chi connectivity index (χ0v) is 19.0. The topological polar surface area (TPSA) is 72.3 Å². The summed E-state index contributed by atoms with van der Waals surface area (Å²) >= 11 is 0. The highest BCUT2D eigenvalue weighted by Gasteiger charge is 2.42. The molecule has 0 aliphatic carbocycles. The summed E-state index contributed by atoms with van der Waals surface area (Å²) in [7, 11) is 0. The fraction of sp³-hybridized carbons (Fsp3) is 0.625. The van der Waals surface area contributed by atoms with E-state index in [-0.39, 0.29) is 11.8 Å². The van der Waals surface area contributed by atoms with Crippen LogP contribution in [0.15, 0.2) is 30.3 Å². The fourth-order valence-electron chi connectivity index (χ4n) is 4.76. The maximum atomic E-state index is 13.2. The van der Waals surface area contributed by atoms with Crippen LogP contribution in [0, 0.1) is 5.92 Å². The number of nitrogens with zero attached hydrogens (tertiary/aromatic N) is 4. The molecule has 0 spiro atoms. The molecule has 1 aromatic carbocycles. The van der Waals surface area contributed by atoms with Crippen molar-refractivity contribution in [2.75, 3.05) is 26.2 Å². The lowest BCUT2D eigenvalue weighted by Crippen LogP contribution is -2.53. The van der Waals surface area contributed by atoms with Gasteiger partial charge in [0.25, 0.3) is 0 Å². The monoisotopic (exact) mass is 425 g/mol. The minimum absolute atomic E-state index is 0.00309. The van der Waals surface area contributed by atoms with E-state index in [9.17, 15) is 4.79 Å². The second-order valence-corrected chi connectivity index (χ2v) is 9.48. The molecule has 0 saturated carbocycles. The number of benzene rings is 1. The predicted molar refractivity (Wildman–Crippen MR) is 119 cm³/mol. The van der Waals surface area contributed by atoms with Gasteiger partial charge in [0.05, 0.1) is 6.61 Å². The first-order valence-corrected chi connectivity index (χ1v) is 11.5. The lowest BCUT2D eigenvalue weighted by molar-refractivity contribution is -0.135. The number of amides is 1. The summed E-state index contributed by atoms with van der Waals surface area (Å²) in [5, 5.41) is 11.7. The van der Waals surface area contributed by atoms with Crippen molar-refractivity contribution in [3.05, 3.63) is 47.5 Å². The van der Waals surface area contributed by atoms with Crippen molar-refractivity contribution in [1.82, 2.24) is 25.0 Å².